The van der Waals surface area contributed by atoms with E-state index in [1.54, 1.807) is 0 Å². The molecule has 0 spiro atoms. The van der Waals surface area contributed by atoms with Crippen molar-refractivity contribution in [2.75, 3.05) is 13.2 Å². The molecule has 2 atom stereocenters. The number of hydrogen-bond donors (Lipinski definition) is 1. The van der Waals surface area contributed by atoms with Crippen molar-refractivity contribution in [2.45, 2.75) is 168 Å². The first-order valence-electron chi connectivity index (χ1n) is 25.3. The van der Waals surface area contributed by atoms with Gasteiger partial charge in [0.25, 0.3) is 0 Å². The molecule has 0 amide bonds. The van der Waals surface area contributed by atoms with E-state index in [1.165, 1.54) is 0 Å². The van der Waals surface area contributed by atoms with Crippen molar-refractivity contribution in [3.05, 3.63) is 118 Å². The van der Waals surface area contributed by atoms with Gasteiger partial charge in [-0.3, -0.25) is 9.59 Å². The third-order valence-electron chi connectivity index (χ3n) is 12.2. The third-order valence-corrected chi connectivity index (χ3v) is 12.2. The Morgan fingerprint density at radius 1 is 0.629 bits per heavy atom. The number of rotatable bonds is 26. The van der Waals surface area contributed by atoms with Crippen molar-refractivity contribution in [2.24, 2.45) is 11.8 Å². The van der Waals surface area contributed by atoms with Gasteiger partial charge in [0.1, 0.15) is 5.60 Å². The van der Waals surface area contributed by atoms with E-state index in [2.05, 4.69) is 60.5 Å². The fourth-order valence-corrected chi connectivity index (χ4v) is 8.82. The molecule has 4 aromatic heterocycles. The van der Waals surface area contributed by atoms with E-state index in [1.807, 2.05) is 81.4 Å². The van der Waals surface area contributed by atoms with Gasteiger partial charge in [-0.15, -0.1) is 0 Å². The van der Waals surface area contributed by atoms with Crippen LogP contribution in [0.3, 0.4) is 0 Å². The summed E-state index contributed by atoms with van der Waals surface area (Å²) in [5.74, 6) is 2.67. The van der Waals surface area contributed by atoms with Gasteiger partial charge >= 0.3 is 11.9 Å². The van der Waals surface area contributed by atoms with E-state index < -0.39 is 11.6 Å². The van der Waals surface area contributed by atoms with Crippen molar-refractivity contribution in [1.29, 1.82) is 0 Å². The number of aliphatic carboxylic acids is 1. The maximum atomic E-state index is 12.9. The second-order valence-electron chi connectivity index (χ2n) is 20.9. The van der Waals surface area contributed by atoms with Gasteiger partial charge in [-0.2, -0.15) is 0 Å². The molecular weight excluding hydrogens is 889 g/mol. The Bertz CT molecular complexity index is 2520. The zero-order valence-corrected chi connectivity index (χ0v) is 42.1. The van der Waals surface area contributed by atoms with Crippen LogP contribution in [0, 0.1) is 11.8 Å². The van der Waals surface area contributed by atoms with E-state index in [-0.39, 0.29) is 30.6 Å². The van der Waals surface area contributed by atoms with Gasteiger partial charge in [0.05, 0.1) is 48.8 Å². The van der Waals surface area contributed by atoms with E-state index >= 15 is 0 Å². The van der Waals surface area contributed by atoms with Crippen LogP contribution in [0.25, 0.3) is 23.0 Å². The van der Waals surface area contributed by atoms with Crippen LogP contribution in [-0.2, 0) is 49.9 Å². The number of carbonyl (C=O) groups excluding carboxylic acids is 1. The van der Waals surface area contributed by atoms with Crippen molar-refractivity contribution >= 4 is 11.9 Å². The molecule has 376 valence electrons. The Hall–Kier alpha value is -5.86. The van der Waals surface area contributed by atoms with Crippen LogP contribution < -0.4 is 0 Å². The molecule has 0 radical (unpaired) electrons. The van der Waals surface area contributed by atoms with Gasteiger partial charge in [-0.25, -0.2) is 0 Å². The number of benzene rings is 2. The molecule has 2 aliphatic rings. The summed E-state index contributed by atoms with van der Waals surface area (Å²) in [6, 6.07) is 24.0. The maximum Gasteiger partial charge on any atom is 0.306 e. The molecule has 0 saturated heterocycles. The average Bonchev–Trinajstić information content (AvgIpc) is 4.11. The summed E-state index contributed by atoms with van der Waals surface area (Å²) in [4.78, 5) is 24.5. The predicted molar refractivity (Wildman–Crippen MR) is 264 cm³/mol. The zero-order valence-electron chi connectivity index (χ0n) is 42.1. The lowest BCUT2D eigenvalue weighted by Gasteiger charge is -2.22. The zero-order chi connectivity index (χ0) is 49.6. The van der Waals surface area contributed by atoms with Gasteiger partial charge in [0, 0.05) is 48.3 Å². The van der Waals surface area contributed by atoms with Crippen LogP contribution in [0.5, 0.6) is 0 Å². The SMILES string of the molecule is CC(C)Cc1cc(-c2onc([C@@H](CCCOCc3ccccc3)CC(=O)O)c2C2CC2)on1.CC(C)Cc1cc(-c2onc([C@@H](CCCOCc3ccccc3)CC(=O)OC(C)(C)C)c2C2CC2)on1. The highest BCUT2D eigenvalue weighted by molar-refractivity contribution is 5.71. The fourth-order valence-electron chi connectivity index (χ4n) is 8.82. The Morgan fingerprint density at radius 2 is 1.06 bits per heavy atom. The second kappa shape index (κ2) is 24.8. The summed E-state index contributed by atoms with van der Waals surface area (Å²) in [6.45, 7) is 16.5. The highest BCUT2D eigenvalue weighted by Crippen LogP contribution is 2.50. The van der Waals surface area contributed by atoms with E-state index in [0.29, 0.717) is 79.6 Å². The largest absolute Gasteiger partial charge is 0.481 e. The second-order valence-corrected chi connectivity index (χ2v) is 20.9. The number of aromatic nitrogens is 4. The molecule has 2 aliphatic carbocycles. The first-order valence-corrected chi connectivity index (χ1v) is 25.3. The number of hydrogen-bond acceptors (Lipinski definition) is 13. The van der Waals surface area contributed by atoms with Gasteiger partial charge < -0.3 is 37.4 Å². The molecule has 2 saturated carbocycles. The maximum absolute atomic E-state index is 12.9. The number of carbonyl (C=O) groups is 2. The Balaban J connectivity index is 0.000000208. The highest BCUT2D eigenvalue weighted by Gasteiger charge is 2.39. The van der Waals surface area contributed by atoms with Crippen LogP contribution in [0.1, 0.15) is 181 Å². The lowest BCUT2D eigenvalue weighted by molar-refractivity contribution is -0.155. The lowest BCUT2D eigenvalue weighted by atomic mass is 9.90. The van der Waals surface area contributed by atoms with Crippen LogP contribution in [0.4, 0.5) is 0 Å². The number of carboxylic acid groups (broad SMARTS) is 1. The van der Waals surface area contributed by atoms with Gasteiger partial charge in [0.15, 0.2) is 0 Å². The monoisotopic (exact) mass is 961 g/mol. The van der Waals surface area contributed by atoms with E-state index in [9.17, 15) is 14.7 Å². The molecule has 4 heterocycles. The van der Waals surface area contributed by atoms with Crippen molar-refractivity contribution in [1.82, 2.24) is 20.6 Å². The van der Waals surface area contributed by atoms with E-state index in [0.717, 1.165) is 103 Å². The van der Waals surface area contributed by atoms with Crippen molar-refractivity contribution in [3.8, 4) is 23.0 Å². The molecule has 0 bridgehead atoms. The summed E-state index contributed by atoms with van der Waals surface area (Å²) in [5, 5.41) is 26.8. The quantitative estimate of drug-likeness (QED) is 0.0399. The molecule has 8 rings (SSSR count). The standard InChI is InChI=1S/C30H40N2O5.C26H32N2O5/c1-20(2)16-24-18-25(36-31-24)29-27(22-13-14-22)28(32-37-29)23(17-26(33)35-30(3,4)5)12-9-15-34-19-21-10-7-6-8-11-21;1-17(2)13-21-15-22(32-27-21)26-24(19-10-11-19)25(28-33-26)20(14-23(29)30)9-6-12-31-16-18-7-4-3-5-8-18/h6-8,10-11,18,20,22-23H,9,12-17,19H2,1-5H3;3-5,7-8,15,17,19-20H,6,9-14,16H2,1-2H3,(H,29,30)/t23-;20-/m00/s1. The van der Waals surface area contributed by atoms with E-state index in [4.69, 9.17) is 32.3 Å². The van der Waals surface area contributed by atoms with Gasteiger partial charge in [-0.1, -0.05) is 109 Å². The summed E-state index contributed by atoms with van der Waals surface area (Å²) < 4.78 is 40.2. The first-order chi connectivity index (χ1) is 33.7. The van der Waals surface area contributed by atoms with Crippen LogP contribution in [0.2, 0.25) is 0 Å². The summed E-state index contributed by atoms with van der Waals surface area (Å²) in [7, 11) is 0. The predicted octanol–water partition coefficient (Wildman–Crippen LogP) is 13.2. The Labute approximate surface area is 412 Å². The minimum Gasteiger partial charge on any atom is -0.481 e. The lowest BCUT2D eigenvalue weighted by Crippen LogP contribution is -2.25. The van der Waals surface area contributed by atoms with Gasteiger partial charge in [-0.05, 0) is 120 Å². The van der Waals surface area contributed by atoms with Crippen molar-refractivity contribution in [3.63, 3.8) is 0 Å². The number of nitrogens with zero attached hydrogens (tertiary/aromatic N) is 4. The number of esters is 1. The Morgan fingerprint density at radius 3 is 1.44 bits per heavy atom. The van der Waals surface area contributed by atoms with Gasteiger partial charge in [0.2, 0.25) is 23.0 Å². The molecule has 0 aliphatic heterocycles. The smallest absolute Gasteiger partial charge is 0.306 e. The molecule has 1 N–H and O–H groups in total. The minimum atomic E-state index is -0.838. The summed E-state index contributed by atoms with van der Waals surface area (Å²) >= 11 is 0. The molecule has 70 heavy (non-hydrogen) atoms. The molecule has 2 fully saturated rings. The molecule has 0 unspecified atom stereocenters. The average molecular weight is 961 g/mol. The van der Waals surface area contributed by atoms with Crippen LogP contribution in [-0.4, -0.2) is 56.5 Å². The van der Waals surface area contributed by atoms with Crippen molar-refractivity contribution < 1.29 is 47.0 Å². The molecule has 2 aromatic carbocycles. The molecule has 6 aromatic rings. The number of ether oxygens (including phenoxy) is 3. The third kappa shape index (κ3) is 15.8. The molecule has 14 nitrogen and oxygen atoms in total. The normalized spacial score (nSPS) is 14.7. The Kier molecular flexibility index (Phi) is 18.4. The fraction of sp³-hybridized carbons (Fsp3) is 0.536. The van der Waals surface area contributed by atoms with Crippen LogP contribution in [0.15, 0.2) is 90.9 Å². The first kappa shape index (κ1) is 52.0. The molecule has 14 heteroatoms. The summed E-state index contributed by atoms with van der Waals surface area (Å²) in [6.07, 6.45) is 9.14. The topological polar surface area (TPSA) is 186 Å². The summed E-state index contributed by atoms with van der Waals surface area (Å²) in [5.41, 5.74) is 7.18. The molecular formula is C56H72N4O10. The minimum absolute atomic E-state index is 0.0133. The van der Waals surface area contributed by atoms with Crippen LogP contribution >= 0.6 is 0 Å². The highest BCUT2D eigenvalue weighted by atomic mass is 16.6. The number of carboxylic acids is 1.